The van der Waals surface area contributed by atoms with Crippen molar-refractivity contribution in [3.05, 3.63) is 10.00 Å². The maximum Gasteiger partial charge on any atom is 0.308 e. The van der Waals surface area contributed by atoms with E-state index in [1.165, 1.54) is 6.92 Å². The zero-order valence-electron chi connectivity index (χ0n) is 9.36. The minimum Gasteiger partial charge on any atom is -0.419 e. The molecule has 0 aromatic carbocycles. The van der Waals surface area contributed by atoms with E-state index in [-0.39, 0.29) is 5.97 Å². The molecule has 1 aliphatic rings. The lowest BCUT2D eigenvalue weighted by molar-refractivity contribution is -0.135. The molecule has 0 saturated carbocycles. The first kappa shape index (κ1) is 13.6. The van der Waals surface area contributed by atoms with Crippen molar-refractivity contribution in [1.82, 2.24) is 0 Å². The average molecular weight is 260 g/mol. The molecule has 0 spiro atoms. The van der Waals surface area contributed by atoms with E-state index in [0.29, 0.717) is 6.42 Å². The van der Waals surface area contributed by atoms with E-state index in [1.807, 2.05) is 0 Å². The molecule has 0 unspecified atom stereocenters. The van der Waals surface area contributed by atoms with Crippen LogP contribution in [0.5, 0.6) is 0 Å². The molecule has 0 atom stereocenters. The van der Waals surface area contributed by atoms with E-state index < -0.39 is 0 Å². The highest BCUT2D eigenvalue weighted by Crippen LogP contribution is 2.36. The molecule has 90 valence electrons. The van der Waals surface area contributed by atoms with Crippen molar-refractivity contribution in [3.63, 3.8) is 0 Å². The predicted molar refractivity (Wildman–Crippen MR) is 68.2 cm³/mol. The Morgan fingerprint density at radius 3 is 2.88 bits per heavy atom. The number of unbranched alkanes of at least 4 members (excludes halogenated alkanes) is 1. The Balaban J connectivity index is 2.62. The molecule has 0 aromatic rings. The quantitative estimate of drug-likeness (QED) is 0.432. The Bertz CT molecular complexity index is 287. The molecule has 5 heteroatoms. The lowest BCUT2D eigenvalue weighted by atomic mass is 10.2. The second-order valence-electron chi connectivity index (χ2n) is 3.41. The number of carbonyl (C=O) groups is 2. The fourth-order valence-electron chi connectivity index (χ4n) is 1.30. The third-order valence-electron chi connectivity index (χ3n) is 1.99. The second-order valence-corrected chi connectivity index (χ2v) is 5.67. The van der Waals surface area contributed by atoms with Gasteiger partial charge in [0.25, 0.3) is 0 Å². The lowest BCUT2D eigenvalue weighted by Gasteiger charge is -2.09. The Labute approximate surface area is 104 Å². The van der Waals surface area contributed by atoms with Gasteiger partial charge in [-0.25, -0.2) is 0 Å². The monoisotopic (exact) mass is 260 g/mol. The highest BCUT2D eigenvalue weighted by Gasteiger charge is 2.15. The number of aldehydes is 1. The van der Waals surface area contributed by atoms with Crippen molar-refractivity contribution in [1.29, 1.82) is 0 Å². The van der Waals surface area contributed by atoms with Crippen LogP contribution in [0, 0.1) is 0 Å². The number of carbonyl (C=O) groups excluding carboxylic acids is 2. The Morgan fingerprint density at radius 2 is 2.19 bits per heavy atom. The summed E-state index contributed by atoms with van der Waals surface area (Å²) in [5.74, 6) is 1.79. The molecule has 3 nitrogen and oxygen atoms in total. The predicted octanol–water partition coefficient (Wildman–Crippen LogP) is 2.96. The maximum absolute atomic E-state index is 11.0. The Kier molecular flexibility index (Phi) is 6.64. The van der Waals surface area contributed by atoms with Gasteiger partial charge in [-0.15, -0.1) is 11.8 Å². The van der Waals surface area contributed by atoms with Gasteiger partial charge < -0.3 is 9.53 Å². The van der Waals surface area contributed by atoms with Gasteiger partial charge in [-0.1, -0.05) is 11.8 Å². The summed E-state index contributed by atoms with van der Waals surface area (Å²) in [6.45, 7) is 1.42. The molecular weight excluding hydrogens is 244 g/mol. The number of hydrogen-bond acceptors (Lipinski definition) is 5. The van der Waals surface area contributed by atoms with Crippen LogP contribution in [0.15, 0.2) is 10.00 Å². The molecule has 0 fully saturated rings. The van der Waals surface area contributed by atoms with Crippen molar-refractivity contribution in [2.45, 2.75) is 32.6 Å². The molecule has 1 rings (SSSR count). The first-order valence-electron chi connectivity index (χ1n) is 5.35. The topological polar surface area (TPSA) is 43.4 Å². The zero-order chi connectivity index (χ0) is 11.8. The Morgan fingerprint density at radius 1 is 1.44 bits per heavy atom. The van der Waals surface area contributed by atoms with Crippen LogP contribution in [-0.4, -0.2) is 23.8 Å². The number of rotatable bonds is 5. The summed E-state index contributed by atoms with van der Waals surface area (Å²) in [5.41, 5.74) is 0. The van der Waals surface area contributed by atoms with Crippen LogP contribution >= 0.6 is 23.5 Å². The van der Waals surface area contributed by atoms with E-state index in [2.05, 4.69) is 0 Å². The minimum atomic E-state index is -0.266. The van der Waals surface area contributed by atoms with E-state index in [0.717, 1.165) is 47.1 Å². The third kappa shape index (κ3) is 5.07. The van der Waals surface area contributed by atoms with Crippen LogP contribution in [0.25, 0.3) is 0 Å². The summed E-state index contributed by atoms with van der Waals surface area (Å²) in [4.78, 5) is 22.3. The van der Waals surface area contributed by atoms with E-state index in [1.54, 1.807) is 23.5 Å². The number of hydrogen-bond donors (Lipinski definition) is 0. The van der Waals surface area contributed by atoms with E-state index >= 15 is 0 Å². The summed E-state index contributed by atoms with van der Waals surface area (Å²) in [6.07, 6.45) is 4.29. The molecular formula is C11H16O3S2. The number of allylic oxidation sites excluding steroid dienone is 1. The van der Waals surface area contributed by atoms with Crippen LogP contribution in [0.2, 0.25) is 0 Å². The van der Waals surface area contributed by atoms with Gasteiger partial charge in [0.05, 0.1) is 0 Å². The fraction of sp³-hybridized carbons (Fsp3) is 0.636. The molecule has 0 aromatic heterocycles. The van der Waals surface area contributed by atoms with Crippen molar-refractivity contribution >= 4 is 35.8 Å². The summed E-state index contributed by atoms with van der Waals surface area (Å²) in [6, 6.07) is 0. The van der Waals surface area contributed by atoms with Gasteiger partial charge in [-0.3, -0.25) is 4.79 Å². The van der Waals surface area contributed by atoms with Crippen molar-refractivity contribution in [3.8, 4) is 0 Å². The van der Waals surface area contributed by atoms with Crippen LogP contribution in [0.1, 0.15) is 32.6 Å². The van der Waals surface area contributed by atoms with E-state index in [9.17, 15) is 9.59 Å². The number of ether oxygens (including phenoxy) is 1. The van der Waals surface area contributed by atoms with Crippen molar-refractivity contribution in [2.75, 3.05) is 11.5 Å². The number of esters is 1. The second kappa shape index (κ2) is 7.79. The molecule has 0 bridgehead atoms. The lowest BCUT2D eigenvalue weighted by Crippen LogP contribution is -1.99. The fourth-order valence-corrected chi connectivity index (χ4v) is 3.73. The normalized spacial score (nSPS) is 16.8. The molecule has 16 heavy (non-hydrogen) atoms. The smallest absolute Gasteiger partial charge is 0.308 e. The van der Waals surface area contributed by atoms with Crippen LogP contribution in [0.3, 0.4) is 0 Å². The van der Waals surface area contributed by atoms with Gasteiger partial charge in [-0.2, -0.15) is 0 Å². The minimum absolute atomic E-state index is 0.266. The molecule has 1 aliphatic heterocycles. The Hall–Kier alpha value is -0.420. The third-order valence-corrected chi connectivity index (χ3v) is 4.43. The summed E-state index contributed by atoms with van der Waals surface area (Å²) >= 11 is 3.36. The van der Waals surface area contributed by atoms with Crippen LogP contribution < -0.4 is 0 Å². The molecule has 0 aliphatic carbocycles. The average Bonchev–Trinajstić information content (AvgIpc) is 2.44. The molecule has 1 heterocycles. The van der Waals surface area contributed by atoms with Gasteiger partial charge in [0.1, 0.15) is 6.29 Å². The largest absolute Gasteiger partial charge is 0.419 e. The SMILES string of the molecule is CC(=O)OC1=C(CCCC=O)SCCCS1. The van der Waals surface area contributed by atoms with Crippen molar-refractivity contribution < 1.29 is 14.3 Å². The summed E-state index contributed by atoms with van der Waals surface area (Å²) < 4.78 is 5.21. The van der Waals surface area contributed by atoms with Crippen molar-refractivity contribution in [2.24, 2.45) is 0 Å². The first-order chi connectivity index (χ1) is 7.74. The maximum atomic E-state index is 11.0. The van der Waals surface area contributed by atoms with Gasteiger partial charge in [0, 0.05) is 24.0 Å². The molecule has 0 saturated heterocycles. The first-order valence-corrected chi connectivity index (χ1v) is 7.32. The zero-order valence-corrected chi connectivity index (χ0v) is 11.0. The summed E-state index contributed by atoms with van der Waals surface area (Å²) in [7, 11) is 0. The van der Waals surface area contributed by atoms with Gasteiger partial charge in [0.15, 0.2) is 5.09 Å². The molecule has 0 N–H and O–H groups in total. The molecule has 0 radical (unpaired) electrons. The van der Waals surface area contributed by atoms with Crippen LogP contribution in [-0.2, 0) is 14.3 Å². The number of thioether (sulfide) groups is 2. The van der Waals surface area contributed by atoms with E-state index in [4.69, 9.17) is 4.74 Å². The molecule has 0 amide bonds. The van der Waals surface area contributed by atoms with Gasteiger partial charge in [-0.05, 0) is 25.0 Å². The summed E-state index contributed by atoms with van der Waals surface area (Å²) in [5, 5.41) is 0.751. The van der Waals surface area contributed by atoms with Crippen LogP contribution in [0.4, 0.5) is 0 Å². The standard InChI is InChI=1S/C11H16O3S2/c1-9(13)14-11-10(5-2-3-6-12)15-7-4-8-16-11/h6H,2-5,7-8H2,1H3. The highest BCUT2D eigenvalue weighted by molar-refractivity contribution is 8.07. The van der Waals surface area contributed by atoms with Gasteiger partial charge >= 0.3 is 5.97 Å². The van der Waals surface area contributed by atoms with Gasteiger partial charge in [0.2, 0.25) is 0 Å². The highest BCUT2D eigenvalue weighted by atomic mass is 32.2.